The van der Waals surface area contributed by atoms with Crippen molar-refractivity contribution in [1.82, 2.24) is 0 Å². The summed E-state index contributed by atoms with van der Waals surface area (Å²) in [5, 5.41) is 12.8. The molecule has 0 radical (unpaired) electrons. The van der Waals surface area contributed by atoms with Crippen LogP contribution in [-0.2, 0) is 13.0 Å². The summed E-state index contributed by atoms with van der Waals surface area (Å²) in [5.41, 5.74) is 1.57. The first kappa shape index (κ1) is 12.6. The molecular formula is C14H17NO3. The molecule has 0 bridgehead atoms. The van der Waals surface area contributed by atoms with Crippen LogP contribution < -0.4 is 15.6 Å². The molecule has 96 valence electrons. The third-order valence-corrected chi connectivity index (χ3v) is 2.97. The van der Waals surface area contributed by atoms with Gasteiger partial charge in [0.15, 0.2) is 0 Å². The number of nitrogens with one attached hydrogen (secondary N) is 1. The van der Waals surface area contributed by atoms with E-state index in [4.69, 9.17) is 4.42 Å². The molecule has 0 saturated heterocycles. The van der Waals surface area contributed by atoms with Gasteiger partial charge in [0.1, 0.15) is 12.1 Å². The Morgan fingerprint density at radius 1 is 1.33 bits per heavy atom. The van der Waals surface area contributed by atoms with Gasteiger partial charge in [-0.15, -0.1) is 0 Å². The summed E-state index contributed by atoms with van der Waals surface area (Å²) in [7, 11) is 3.92. The third kappa shape index (κ3) is 2.24. The van der Waals surface area contributed by atoms with Crippen molar-refractivity contribution < 1.29 is 14.4 Å². The van der Waals surface area contributed by atoms with Crippen LogP contribution in [0.1, 0.15) is 18.1 Å². The van der Waals surface area contributed by atoms with Crippen molar-refractivity contribution in [3.63, 3.8) is 0 Å². The van der Waals surface area contributed by atoms with E-state index in [0.29, 0.717) is 17.7 Å². The quantitative estimate of drug-likeness (QED) is 0.781. The maximum atomic E-state index is 11.9. The summed E-state index contributed by atoms with van der Waals surface area (Å²) in [6.07, 6.45) is 0.745. The van der Waals surface area contributed by atoms with Crippen LogP contribution in [0, 0.1) is 0 Å². The molecule has 1 N–H and O–H groups in total. The van der Waals surface area contributed by atoms with Crippen molar-refractivity contribution in [2.45, 2.75) is 19.9 Å². The molecule has 4 nitrogen and oxygen atoms in total. The lowest BCUT2D eigenvalue weighted by Crippen LogP contribution is -3.04. The Bertz CT molecular complexity index is 629. The zero-order valence-electron chi connectivity index (χ0n) is 10.9. The normalized spacial score (nSPS) is 11.3. The maximum absolute atomic E-state index is 11.9. The molecule has 1 aromatic carbocycles. The van der Waals surface area contributed by atoms with Crippen LogP contribution in [0.5, 0.6) is 5.75 Å². The predicted molar refractivity (Wildman–Crippen MR) is 67.8 cm³/mol. The molecule has 0 aliphatic rings. The standard InChI is InChI=1S/C14H17NO3/c1-4-9-7-13(17)18-14-10(9)5-6-12(16)11(14)8-15(2)3/h5-7,16H,4,8H2,1-3H3. The lowest BCUT2D eigenvalue weighted by atomic mass is 10.0. The molecule has 0 amide bonds. The van der Waals surface area contributed by atoms with Gasteiger partial charge in [-0.2, -0.15) is 0 Å². The zero-order valence-corrected chi connectivity index (χ0v) is 10.9. The van der Waals surface area contributed by atoms with Gasteiger partial charge >= 0.3 is 5.63 Å². The van der Waals surface area contributed by atoms with Crippen LogP contribution in [0.15, 0.2) is 27.4 Å². The average molecular weight is 247 g/mol. The van der Waals surface area contributed by atoms with E-state index in [1.54, 1.807) is 12.1 Å². The highest BCUT2D eigenvalue weighted by Gasteiger charge is 2.11. The Hall–Kier alpha value is -1.81. The molecule has 0 spiro atoms. The Balaban J connectivity index is 2.79. The molecule has 2 aromatic rings. The highest BCUT2D eigenvalue weighted by Crippen LogP contribution is 2.26. The molecule has 1 heterocycles. The Labute approximate surface area is 105 Å². The van der Waals surface area contributed by atoms with Gasteiger partial charge in [-0.1, -0.05) is 24.8 Å². The third-order valence-electron chi connectivity index (χ3n) is 2.97. The van der Waals surface area contributed by atoms with E-state index in [1.807, 2.05) is 21.0 Å². The van der Waals surface area contributed by atoms with E-state index in [2.05, 4.69) is 0 Å². The maximum Gasteiger partial charge on any atom is 0.336 e. The molecule has 0 atom stereocenters. The molecule has 0 fully saturated rings. The number of fused-ring (bicyclic) bond motifs is 1. The van der Waals surface area contributed by atoms with Gasteiger partial charge in [0.25, 0.3) is 0 Å². The number of hydrogen-bond acceptors (Lipinski definition) is 3. The van der Waals surface area contributed by atoms with Gasteiger partial charge in [0.2, 0.25) is 0 Å². The molecule has 4 heteroatoms. The van der Waals surface area contributed by atoms with Gasteiger partial charge in [0.05, 0.1) is 14.1 Å². The summed E-state index contributed by atoms with van der Waals surface area (Å²) in [4.78, 5) is 12.7. The van der Waals surface area contributed by atoms with Gasteiger partial charge < -0.3 is 14.4 Å². The highest BCUT2D eigenvalue weighted by molar-refractivity contribution is 5.84. The van der Waals surface area contributed by atoms with Gasteiger partial charge in [-0.05, 0) is 12.0 Å². The summed E-state index contributed by atoms with van der Waals surface area (Å²) in [6.45, 7) is 2.53. The van der Waals surface area contributed by atoms with Gasteiger partial charge in [-0.25, -0.2) is 4.79 Å². The van der Waals surface area contributed by atoms with Crippen LogP contribution >= 0.6 is 0 Å². The van der Waals surface area contributed by atoms with E-state index in [0.717, 1.165) is 22.3 Å². The number of benzene rings is 1. The molecule has 0 saturated carbocycles. The van der Waals surface area contributed by atoms with E-state index in [1.165, 1.54) is 6.07 Å². The summed E-state index contributed by atoms with van der Waals surface area (Å²) >= 11 is 0. The van der Waals surface area contributed by atoms with E-state index in [9.17, 15) is 9.90 Å². The monoisotopic (exact) mass is 247 g/mol. The SMILES string of the molecule is CCc1cc(=O)oc2c(C[NH+](C)C)c([O-])ccc12. The topological polar surface area (TPSA) is 57.7 Å². The Morgan fingerprint density at radius 2 is 2.06 bits per heavy atom. The lowest BCUT2D eigenvalue weighted by Gasteiger charge is -2.17. The minimum absolute atomic E-state index is 0.0693. The van der Waals surface area contributed by atoms with Crippen molar-refractivity contribution in [1.29, 1.82) is 0 Å². The van der Waals surface area contributed by atoms with Crippen molar-refractivity contribution >= 4 is 11.0 Å². The minimum Gasteiger partial charge on any atom is -0.872 e. The summed E-state index contributed by atoms with van der Waals surface area (Å²) in [6, 6.07) is 4.80. The second-order valence-electron chi connectivity index (χ2n) is 4.75. The second-order valence-corrected chi connectivity index (χ2v) is 4.75. The summed E-state index contributed by atoms with van der Waals surface area (Å²) in [5.74, 6) is -0.0693. The molecule has 0 aliphatic heterocycles. The number of hydrogen-bond donors (Lipinski definition) is 1. The van der Waals surface area contributed by atoms with Crippen molar-refractivity contribution in [2.75, 3.05) is 14.1 Å². The predicted octanol–water partition coefficient (Wildman–Crippen LogP) is 0.0735. The lowest BCUT2D eigenvalue weighted by molar-refractivity contribution is -0.872. The molecule has 0 unspecified atom stereocenters. The first-order valence-corrected chi connectivity index (χ1v) is 6.07. The van der Waals surface area contributed by atoms with E-state index < -0.39 is 0 Å². The van der Waals surface area contributed by atoms with Crippen molar-refractivity contribution in [2.24, 2.45) is 0 Å². The first-order valence-electron chi connectivity index (χ1n) is 6.07. The first-order chi connectivity index (χ1) is 8.52. The smallest absolute Gasteiger partial charge is 0.336 e. The molecule has 2 rings (SSSR count). The minimum atomic E-state index is -0.389. The molecular weight excluding hydrogens is 230 g/mol. The van der Waals surface area contributed by atoms with Crippen molar-refractivity contribution in [3.05, 3.63) is 39.7 Å². The Morgan fingerprint density at radius 3 is 2.67 bits per heavy atom. The molecule has 0 aliphatic carbocycles. The van der Waals surface area contributed by atoms with Crippen LogP contribution in [0.4, 0.5) is 0 Å². The van der Waals surface area contributed by atoms with E-state index >= 15 is 0 Å². The van der Waals surface area contributed by atoms with Crippen LogP contribution in [0.2, 0.25) is 0 Å². The van der Waals surface area contributed by atoms with E-state index in [-0.39, 0.29) is 11.4 Å². The fourth-order valence-corrected chi connectivity index (χ4v) is 2.14. The Kier molecular flexibility index (Phi) is 3.39. The number of aryl methyl sites for hydroxylation is 1. The fraction of sp³-hybridized carbons (Fsp3) is 0.357. The summed E-state index contributed by atoms with van der Waals surface area (Å²) < 4.78 is 5.25. The van der Waals surface area contributed by atoms with Crippen molar-refractivity contribution in [3.8, 4) is 5.75 Å². The van der Waals surface area contributed by atoms with Crippen LogP contribution in [0.25, 0.3) is 11.0 Å². The largest absolute Gasteiger partial charge is 0.872 e. The van der Waals surface area contributed by atoms with Gasteiger partial charge in [-0.3, -0.25) is 0 Å². The number of quaternary nitrogens is 1. The molecule has 18 heavy (non-hydrogen) atoms. The van der Waals surface area contributed by atoms with Crippen LogP contribution in [-0.4, -0.2) is 14.1 Å². The van der Waals surface area contributed by atoms with Crippen LogP contribution in [0.3, 0.4) is 0 Å². The molecule has 1 aromatic heterocycles. The highest BCUT2D eigenvalue weighted by atomic mass is 16.4. The zero-order chi connectivity index (χ0) is 13.3. The second kappa shape index (κ2) is 4.82. The average Bonchev–Trinajstić information content (AvgIpc) is 2.31. The van der Waals surface area contributed by atoms with Gasteiger partial charge in [0, 0.05) is 17.0 Å². The number of rotatable bonds is 3. The fourth-order valence-electron chi connectivity index (χ4n) is 2.14.